The van der Waals surface area contributed by atoms with Crippen LogP contribution in [0.15, 0.2) is 4.99 Å². The third kappa shape index (κ3) is 5.82. The predicted octanol–water partition coefficient (Wildman–Crippen LogP) is 0.293. The van der Waals surface area contributed by atoms with Gasteiger partial charge in [0.05, 0.1) is 5.60 Å². The van der Waals surface area contributed by atoms with Crippen molar-refractivity contribution < 1.29 is 4.74 Å². The molecular formula is C7H17N3O. The molecule has 0 amide bonds. The lowest BCUT2D eigenvalue weighted by atomic mass is 10.2. The fourth-order valence-corrected chi connectivity index (χ4v) is 0.456. The summed E-state index contributed by atoms with van der Waals surface area (Å²) in [5.41, 5.74) is 2.30. The van der Waals surface area contributed by atoms with Gasteiger partial charge in [0.2, 0.25) is 0 Å². The number of amidine groups is 1. The topological polar surface area (TPSA) is 59.6 Å². The predicted molar refractivity (Wildman–Crippen MR) is 46.4 cm³/mol. The van der Waals surface area contributed by atoms with Gasteiger partial charge < -0.3 is 10.2 Å². The Morgan fingerprint density at radius 3 is 2.36 bits per heavy atom. The highest BCUT2D eigenvalue weighted by atomic mass is 16.5. The Kier molecular flexibility index (Phi) is 4.07. The van der Waals surface area contributed by atoms with Crippen LogP contribution in [-0.2, 0) is 4.74 Å². The Labute approximate surface area is 67.8 Å². The number of rotatable bonds is 2. The summed E-state index contributed by atoms with van der Waals surface area (Å²) in [4.78, 5) is 3.87. The average Bonchev–Trinajstić information content (AvgIpc) is 1.88. The molecule has 3 N–H and O–H groups in total. The van der Waals surface area contributed by atoms with Crippen molar-refractivity contribution in [1.82, 2.24) is 5.43 Å². The third-order valence-corrected chi connectivity index (χ3v) is 1.08. The van der Waals surface area contributed by atoms with Crippen LogP contribution in [0.4, 0.5) is 0 Å². The van der Waals surface area contributed by atoms with Crippen LogP contribution in [0.25, 0.3) is 0 Å². The Hall–Kier alpha value is -0.610. The van der Waals surface area contributed by atoms with Gasteiger partial charge in [-0.25, -0.2) is 5.84 Å². The Morgan fingerprint density at radius 2 is 2.09 bits per heavy atom. The molecule has 11 heavy (non-hydrogen) atoms. The number of hydrazine groups is 1. The van der Waals surface area contributed by atoms with Crippen LogP contribution in [0.2, 0.25) is 0 Å². The van der Waals surface area contributed by atoms with E-state index in [1.807, 2.05) is 20.8 Å². The first kappa shape index (κ1) is 10.4. The van der Waals surface area contributed by atoms with Gasteiger partial charge >= 0.3 is 0 Å². The number of aliphatic imine (C=N–C) groups is 1. The second kappa shape index (κ2) is 4.31. The molecule has 0 saturated heterocycles. The summed E-state index contributed by atoms with van der Waals surface area (Å²) >= 11 is 0. The first-order valence-electron chi connectivity index (χ1n) is 3.56. The molecule has 4 nitrogen and oxygen atoms in total. The van der Waals surface area contributed by atoms with E-state index in [9.17, 15) is 0 Å². The van der Waals surface area contributed by atoms with E-state index in [0.29, 0.717) is 12.4 Å². The van der Waals surface area contributed by atoms with Crippen LogP contribution >= 0.6 is 0 Å². The fourth-order valence-electron chi connectivity index (χ4n) is 0.456. The highest BCUT2D eigenvalue weighted by molar-refractivity contribution is 5.82. The summed E-state index contributed by atoms with van der Waals surface area (Å²) in [5.74, 6) is 5.80. The summed E-state index contributed by atoms with van der Waals surface area (Å²) in [5, 5.41) is 0. The van der Waals surface area contributed by atoms with E-state index in [0.717, 1.165) is 0 Å². The minimum Gasteiger partial charge on any atom is -0.368 e. The average molecular weight is 159 g/mol. The summed E-state index contributed by atoms with van der Waals surface area (Å²) in [6.45, 7) is 6.38. The van der Waals surface area contributed by atoms with Crippen molar-refractivity contribution in [2.75, 3.05) is 13.7 Å². The molecule has 66 valence electrons. The molecule has 0 atom stereocenters. The van der Waals surface area contributed by atoms with Crippen molar-refractivity contribution in [2.45, 2.75) is 26.4 Å². The van der Waals surface area contributed by atoms with E-state index < -0.39 is 0 Å². The highest BCUT2D eigenvalue weighted by Crippen LogP contribution is 2.05. The van der Waals surface area contributed by atoms with E-state index in [4.69, 9.17) is 10.6 Å². The Bertz CT molecular complexity index is 137. The molecule has 0 spiro atoms. The van der Waals surface area contributed by atoms with Gasteiger partial charge in [0.15, 0.2) is 0 Å². The summed E-state index contributed by atoms with van der Waals surface area (Å²) in [7, 11) is 1.67. The highest BCUT2D eigenvalue weighted by Gasteiger charge is 2.10. The Morgan fingerprint density at radius 1 is 1.55 bits per heavy atom. The quantitative estimate of drug-likeness (QED) is 0.263. The maximum atomic E-state index is 5.40. The molecule has 0 heterocycles. The third-order valence-electron chi connectivity index (χ3n) is 1.08. The molecule has 0 rings (SSSR count). The summed E-state index contributed by atoms with van der Waals surface area (Å²) in [6, 6.07) is 0. The maximum Gasteiger partial charge on any atom is 0.137 e. The number of hydrogen-bond acceptors (Lipinski definition) is 3. The van der Waals surface area contributed by atoms with Crippen LogP contribution in [0.5, 0.6) is 0 Å². The van der Waals surface area contributed by atoms with Gasteiger partial charge in [-0.15, -0.1) is 0 Å². The molecule has 0 fully saturated rings. The van der Waals surface area contributed by atoms with Crippen LogP contribution in [0, 0.1) is 0 Å². The summed E-state index contributed by atoms with van der Waals surface area (Å²) < 4.78 is 5.40. The van der Waals surface area contributed by atoms with Crippen LogP contribution in [0.3, 0.4) is 0 Å². The molecule has 0 aliphatic carbocycles. The van der Waals surface area contributed by atoms with Gasteiger partial charge in [-0.1, -0.05) is 0 Å². The maximum absolute atomic E-state index is 5.40. The minimum atomic E-state index is -0.146. The largest absolute Gasteiger partial charge is 0.368 e. The lowest BCUT2D eigenvalue weighted by molar-refractivity contribution is 0.0202. The van der Waals surface area contributed by atoms with Crippen molar-refractivity contribution in [1.29, 1.82) is 0 Å². The Balaban J connectivity index is 3.70. The van der Waals surface area contributed by atoms with Crippen molar-refractivity contribution in [3.63, 3.8) is 0 Å². The smallest absolute Gasteiger partial charge is 0.137 e. The second-order valence-corrected chi connectivity index (χ2v) is 3.22. The first-order valence-corrected chi connectivity index (χ1v) is 3.56. The first-order chi connectivity index (χ1) is 4.99. The van der Waals surface area contributed by atoms with Crippen molar-refractivity contribution >= 4 is 5.84 Å². The van der Waals surface area contributed by atoms with E-state index in [1.165, 1.54) is 0 Å². The molecule has 0 unspecified atom stereocenters. The van der Waals surface area contributed by atoms with Gasteiger partial charge in [0.1, 0.15) is 12.4 Å². The minimum absolute atomic E-state index is 0.146. The SMILES string of the molecule is CN=C(COC(C)(C)C)NN. The van der Waals surface area contributed by atoms with Gasteiger partial charge in [0.25, 0.3) is 0 Å². The van der Waals surface area contributed by atoms with Gasteiger partial charge in [-0.3, -0.25) is 4.99 Å². The lowest BCUT2D eigenvalue weighted by Gasteiger charge is -2.19. The van der Waals surface area contributed by atoms with Crippen molar-refractivity contribution in [3.05, 3.63) is 0 Å². The lowest BCUT2D eigenvalue weighted by Crippen LogP contribution is -2.36. The van der Waals surface area contributed by atoms with E-state index >= 15 is 0 Å². The number of nitrogens with one attached hydrogen (secondary N) is 1. The number of ether oxygens (including phenoxy) is 1. The zero-order valence-electron chi connectivity index (χ0n) is 7.64. The van der Waals surface area contributed by atoms with Crippen LogP contribution in [0.1, 0.15) is 20.8 Å². The van der Waals surface area contributed by atoms with E-state index in [-0.39, 0.29) is 5.60 Å². The molecular weight excluding hydrogens is 142 g/mol. The number of nitrogens with zero attached hydrogens (tertiary/aromatic N) is 1. The fraction of sp³-hybridized carbons (Fsp3) is 0.857. The number of nitrogens with two attached hydrogens (primary N) is 1. The zero-order chi connectivity index (χ0) is 8.91. The molecule has 0 aromatic rings. The van der Waals surface area contributed by atoms with Crippen LogP contribution < -0.4 is 11.3 Å². The standard InChI is InChI=1S/C7H17N3O/c1-7(2,3)11-5-6(9-4)10-8/h5,8H2,1-4H3,(H,9,10). The monoisotopic (exact) mass is 159 g/mol. The number of hydrogen-bond donors (Lipinski definition) is 2. The molecule has 0 radical (unpaired) electrons. The van der Waals surface area contributed by atoms with Gasteiger partial charge in [-0.05, 0) is 20.8 Å². The molecule has 0 bridgehead atoms. The second-order valence-electron chi connectivity index (χ2n) is 3.22. The van der Waals surface area contributed by atoms with Crippen molar-refractivity contribution in [3.8, 4) is 0 Å². The summed E-state index contributed by atoms with van der Waals surface area (Å²) in [6.07, 6.45) is 0. The molecule has 4 heteroatoms. The van der Waals surface area contributed by atoms with Gasteiger partial charge in [-0.2, -0.15) is 0 Å². The normalized spacial score (nSPS) is 13.4. The molecule has 0 aromatic heterocycles. The molecule has 0 saturated carbocycles. The van der Waals surface area contributed by atoms with E-state index in [1.54, 1.807) is 7.05 Å². The zero-order valence-corrected chi connectivity index (χ0v) is 7.64. The van der Waals surface area contributed by atoms with Crippen molar-refractivity contribution in [2.24, 2.45) is 10.8 Å². The van der Waals surface area contributed by atoms with Crippen LogP contribution in [-0.4, -0.2) is 25.1 Å². The molecule has 0 aliphatic rings. The van der Waals surface area contributed by atoms with Gasteiger partial charge in [0, 0.05) is 7.05 Å². The van der Waals surface area contributed by atoms with E-state index in [2.05, 4.69) is 10.4 Å². The molecule has 0 aliphatic heterocycles. The molecule has 0 aromatic carbocycles.